The minimum Gasteiger partial charge on any atom is -1.00 e. The average molecular weight is 472 g/mol. The first-order valence-corrected chi connectivity index (χ1v) is 11.0. The number of hydrogen-bond acceptors (Lipinski definition) is 5. The van der Waals surface area contributed by atoms with E-state index in [4.69, 9.17) is 4.74 Å². The Morgan fingerprint density at radius 1 is 1.18 bits per heavy atom. The number of nitrogens with one attached hydrogen (secondary N) is 1. The van der Waals surface area contributed by atoms with Crippen molar-refractivity contribution in [1.29, 1.82) is 0 Å². The van der Waals surface area contributed by atoms with Crippen molar-refractivity contribution in [3.63, 3.8) is 0 Å². The Morgan fingerprint density at radius 3 is 2.58 bits per heavy atom. The summed E-state index contributed by atoms with van der Waals surface area (Å²) in [5.74, 6) is 0.118. The molecule has 1 aliphatic carbocycles. The fraction of sp³-hybridized carbons (Fsp3) is 0.400. The third-order valence-corrected chi connectivity index (χ3v) is 6.27. The summed E-state index contributed by atoms with van der Waals surface area (Å²) in [5.41, 5.74) is 3.66. The van der Waals surface area contributed by atoms with Crippen molar-refractivity contribution in [3.05, 3.63) is 81.4 Å². The molecule has 0 radical (unpaired) electrons. The fourth-order valence-electron chi connectivity index (χ4n) is 4.64. The third kappa shape index (κ3) is 5.54. The Balaban J connectivity index is 0.00000306. The number of benzene rings is 2. The van der Waals surface area contributed by atoms with Crippen LogP contribution in [-0.4, -0.2) is 49.7 Å². The second-order valence-corrected chi connectivity index (χ2v) is 9.63. The predicted octanol–water partition coefficient (Wildman–Crippen LogP) is 1.68. The highest BCUT2D eigenvalue weighted by Gasteiger charge is 2.38. The molecule has 0 saturated heterocycles. The maximum atomic E-state index is 12.4. The Kier molecular flexibility index (Phi) is 7.44. The van der Waals surface area contributed by atoms with E-state index < -0.39 is 0 Å². The number of rotatable bonds is 7. The van der Waals surface area contributed by atoms with Gasteiger partial charge in [0.15, 0.2) is 0 Å². The molecule has 1 aliphatic heterocycles. The Hall–Kier alpha value is -2.90. The highest BCUT2D eigenvalue weighted by atomic mass is 35.5. The molecule has 7 nitrogen and oxygen atoms in total. The second kappa shape index (κ2) is 9.93. The number of nitro groups is 1. The first kappa shape index (κ1) is 24.7. The second-order valence-electron chi connectivity index (χ2n) is 9.63. The van der Waals surface area contributed by atoms with E-state index in [1.54, 1.807) is 18.2 Å². The van der Waals surface area contributed by atoms with Crippen LogP contribution in [-0.2, 0) is 4.74 Å². The molecule has 2 aliphatic rings. The van der Waals surface area contributed by atoms with Gasteiger partial charge in [0.05, 0.1) is 50.8 Å². The van der Waals surface area contributed by atoms with Crippen molar-refractivity contribution >= 4 is 17.3 Å². The van der Waals surface area contributed by atoms with E-state index in [-0.39, 0.29) is 46.9 Å². The van der Waals surface area contributed by atoms with Gasteiger partial charge in [0.2, 0.25) is 0 Å². The maximum Gasteiger partial charge on any atom is 0.338 e. The van der Waals surface area contributed by atoms with Crippen LogP contribution in [0.15, 0.2) is 54.6 Å². The lowest BCUT2D eigenvalue weighted by atomic mass is 9.77. The summed E-state index contributed by atoms with van der Waals surface area (Å²) in [5, 5.41) is 14.8. The normalized spacial score (nSPS) is 20.8. The number of halogens is 1. The van der Waals surface area contributed by atoms with E-state index in [2.05, 4.69) is 38.6 Å². The highest BCUT2D eigenvalue weighted by Crippen LogP contribution is 2.50. The summed E-state index contributed by atoms with van der Waals surface area (Å²) >= 11 is 0. The number of esters is 1. The molecular formula is C25H30ClN3O4. The van der Waals surface area contributed by atoms with Gasteiger partial charge < -0.3 is 26.9 Å². The maximum absolute atomic E-state index is 12.4. The molecule has 0 saturated carbocycles. The summed E-state index contributed by atoms with van der Waals surface area (Å²) in [6.45, 7) is 1.36. The van der Waals surface area contributed by atoms with Gasteiger partial charge in [-0.15, -0.1) is 0 Å². The number of ether oxygens (including phenoxy) is 1. The molecular weight excluding hydrogens is 442 g/mol. The van der Waals surface area contributed by atoms with Gasteiger partial charge in [-0.3, -0.25) is 10.1 Å². The molecule has 2 aromatic rings. The molecule has 176 valence electrons. The van der Waals surface area contributed by atoms with E-state index in [0.717, 1.165) is 40.7 Å². The summed E-state index contributed by atoms with van der Waals surface area (Å²) in [6.07, 6.45) is 6.04. The monoisotopic (exact) mass is 471 g/mol. The van der Waals surface area contributed by atoms with Gasteiger partial charge >= 0.3 is 5.97 Å². The lowest BCUT2D eigenvalue weighted by Crippen LogP contribution is -3.00. The number of carbonyl (C=O) groups excluding carboxylic acids is 1. The van der Waals surface area contributed by atoms with Gasteiger partial charge in [-0.1, -0.05) is 24.3 Å². The first-order chi connectivity index (χ1) is 15.2. The molecule has 8 heteroatoms. The van der Waals surface area contributed by atoms with E-state index in [0.29, 0.717) is 12.2 Å². The van der Waals surface area contributed by atoms with Crippen LogP contribution in [0.25, 0.3) is 0 Å². The van der Waals surface area contributed by atoms with Gasteiger partial charge in [-0.25, -0.2) is 4.79 Å². The summed E-state index contributed by atoms with van der Waals surface area (Å²) < 4.78 is 6.27. The van der Waals surface area contributed by atoms with Crippen molar-refractivity contribution in [2.24, 2.45) is 5.92 Å². The standard InChI is InChI=1S/C25H30N3O4.ClH/c1-28(2,3)14-5-15-32-25(29)18-10-8-17(9-11-18)24-21-7-4-6-20(21)22-16-19(27(30)31)12-13-23(22)26-24;/h4,6,8-13,16,20-21,24,26H,5,7,14-15H2,1-3H3;1H/q+1;/p-1. The highest BCUT2D eigenvalue weighted by molar-refractivity contribution is 5.89. The van der Waals surface area contributed by atoms with E-state index in [9.17, 15) is 14.9 Å². The molecule has 0 fully saturated rings. The molecule has 4 rings (SSSR count). The quantitative estimate of drug-likeness (QED) is 0.166. The number of fused-ring (bicyclic) bond motifs is 3. The minimum absolute atomic E-state index is 0. The van der Waals surface area contributed by atoms with Gasteiger partial charge in [0.1, 0.15) is 0 Å². The number of quaternary nitrogens is 1. The molecule has 0 bridgehead atoms. The summed E-state index contributed by atoms with van der Waals surface area (Å²) in [7, 11) is 6.34. The molecule has 0 spiro atoms. The fourth-order valence-corrected chi connectivity index (χ4v) is 4.64. The van der Waals surface area contributed by atoms with Crippen LogP contribution in [0.5, 0.6) is 0 Å². The molecule has 3 unspecified atom stereocenters. The summed E-state index contributed by atoms with van der Waals surface area (Å²) in [4.78, 5) is 23.2. The zero-order valence-corrected chi connectivity index (χ0v) is 19.9. The molecule has 1 heterocycles. The molecule has 33 heavy (non-hydrogen) atoms. The first-order valence-electron chi connectivity index (χ1n) is 11.0. The smallest absolute Gasteiger partial charge is 0.338 e. The van der Waals surface area contributed by atoms with Gasteiger partial charge in [0, 0.05) is 30.2 Å². The van der Waals surface area contributed by atoms with Gasteiger partial charge in [0.25, 0.3) is 5.69 Å². The van der Waals surface area contributed by atoms with Gasteiger partial charge in [-0.2, -0.15) is 0 Å². The molecule has 0 aromatic heterocycles. The molecule has 0 amide bonds. The van der Waals surface area contributed by atoms with Crippen LogP contribution < -0.4 is 17.7 Å². The Bertz CT molecular complexity index is 1050. The topological polar surface area (TPSA) is 81.5 Å². The Labute approximate surface area is 200 Å². The van der Waals surface area contributed by atoms with Crippen molar-refractivity contribution in [3.8, 4) is 0 Å². The number of allylic oxidation sites excluding steroid dienone is 2. The number of anilines is 1. The van der Waals surface area contributed by atoms with Crippen LogP contribution in [0, 0.1) is 16.0 Å². The number of non-ortho nitro benzene ring substituents is 1. The number of nitrogens with zero attached hydrogens (tertiary/aromatic N) is 2. The molecule has 2 aromatic carbocycles. The van der Waals surface area contributed by atoms with Crippen LogP contribution in [0.4, 0.5) is 11.4 Å². The lowest BCUT2D eigenvalue weighted by Gasteiger charge is -2.37. The predicted molar refractivity (Wildman–Crippen MR) is 124 cm³/mol. The van der Waals surface area contributed by atoms with Crippen LogP contribution in [0.1, 0.15) is 46.3 Å². The zero-order chi connectivity index (χ0) is 22.9. The summed E-state index contributed by atoms with van der Waals surface area (Å²) in [6, 6.07) is 12.7. The van der Waals surface area contributed by atoms with Crippen LogP contribution >= 0.6 is 0 Å². The Morgan fingerprint density at radius 2 is 1.91 bits per heavy atom. The van der Waals surface area contributed by atoms with Crippen molar-refractivity contribution in [2.75, 3.05) is 39.6 Å². The average Bonchev–Trinajstić information content (AvgIpc) is 3.25. The number of nitro benzene ring substituents is 1. The number of hydrogen-bond donors (Lipinski definition) is 1. The SMILES string of the molecule is C[N+](C)(C)CCCOC(=O)c1ccc(C2Nc3ccc([N+](=O)[O-])cc3C3C=CCC32)cc1.[Cl-]. The van der Waals surface area contributed by atoms with E-state index in [1.807, 2.05) is 24.3 Å². The third-order valence-electron chi connectivity index (χ3n) is 6.27. The molecule has 1 N–H and O–H groups in total. The van der Waals surface area contributed by atoms with Crippen molar-refractivity contribution in [2.45, 2.75) is 24.8 Å². The van der Waals surface area contributed by atoms with Crippen molar-refractivity contribution < 1.29 is 31.3 Å². The largest absolute Gasteiger partial charge is 1.00 e. The number of carbonyl (C=O) groups is 1. The molecule has 3 atom stereocenters. The van der Waals surface area contributed by atoms with Gasteiger partial charge in [-0.05, 0) is 41.7 Å². The van der Waals surface area contributed by atoms with E-state index >= 15 is 0 Å². The lowest BCUT2D eigenvalue weighted by molar-refractivity contribution is -0.870. The van der Waals surface area contributed by atoms with E-state index in [1.165, 1.54) is 0 Å². The van der Waals surface area contributed by atoms with Crippen LogP contribution in [0.2, 0.25) is 0 Å². The minimum atomic E-state index is -0.347. The van der Waals surface area contributed by atoms with Crippen LogP contribution in [0.3, 0.4) is 0 Å². The zero-order valence-electron chi connectivity index (χ0n) is 19.2. The van der Waals surface area contributed by atoms with Crippen molar-refractivity contribution in [1.82, 2.24) is 0 Å².